The molecule has 0 aliphatic rings. The minimum absolute atomic E-state index is 0.308. The topological polar surface area (TPSA) is 115 Å². The number of hydrogen-bond acceptors (Lipinski definition) is 4. The lowest BCUT2D eigenvalue weighted by Gasteiger charge is -2.25. The molecule has 0 saturated heterocycles. The van der Waals surface area contributed by atoms with Crippen LogP contribution in [0.4, 0.5) is 0 Å². The molecule has 0 fully saturated rings. The number of carbonyl (C=O) groups is 2. The van der Waals surface area contributed by atoms with Crippen molar-refractivity contribution in [1.29, 1.82) is 0 Å². The molecule has 0 aromatic rings. The van der Waals surface area contributed by atoms with Crippen LogP contribution in [-0.2, 0) is 14.2 Å². The van der Waals surface area contributed by atoms with Crippen molar-refractivity contribution in [1.82, 2.24) is 5.06 Å². The van der Waals surface area contributed by atoms with E-state index in [0.29, 0.717) is 17.9 Å². The molecule has 0 aromatic carbocycles. The smallest absolute Gasteiger partial charge is 0.319 e. The molecule has 0 bridgehead atoms. The predicted molar refractivity (Wildman–Crippen MR) is 73.1 cm³/mol. The summed E-state index contributed by atoms with van der Waals surface area (Å²) in [5.74, 6) is -0.679. The van der Waals surface area contributed by atoms with E-state index in [-0.39, 0.29) is 6.04 Å². The fourth-order valence-electron chi connectivity index (χ4n) is 1.84. The third kappa shape index (κ3) is 7.14. The van der Waals surface area contributed by atoms with Crippen molar-refractivity contribution >= 4 is 19.0 Å². The molecule has 0 saturated carbocycles. The number of nitrogens with zero attached hydrogens (tertiary/aromatic N) is 1. The van der Waals surface area contributed by atoms with Gasteiger partial charge in [0.2, 0.25) is 11.4 Å². The van der Waals surface area contributed by atoms with E-state index in [2.05, 4.69) is 0 Å². The fraction of sp³-hybridized carbons (Fsp3) is 0.833. The molecule has 8 heteroatoms. The van der Waals surface area contributed by atoms with Crippen LogP contribution < -0.4 is 0 Å². The fourth-order valence-corrected chi connectivity index (χ4v) is 2.24. The third-order valence-corrected chi connectivity index (χ3v) is 3.87. The van der Waals surface area contributed by atoms with Crippen molar-refractivity contribution in [2.24, 2.45) is 0 Å². The van der Waals surface area contributed by atoms with E-state index < -0.39 is 31.9 Å². The van der Waals surface area contributed by atoms with Gasteiger partial charge in [-0.2, -0.15) is 0 Å². The monoisotopic (exact) mass is 309 g/mol. The molecule has 1 unspecified atom stereocenters. The van der Waals surface area contributed by atoms with Gasteiger partial charge in [-0.1, -0.05) is 33.1 Å². The molecular weight excluding hydrogens is 285 g/mol. The highest BCUT2D eigenvalue weighted by Gasteiger charge is 2.28. The second-order valence-corrected chi connectivity index (χ2v) is 6.35. The molecule has 0 aliphatic heterocycles. The van der Waals surface area contributed by atoms with Gasteiger partial charge in [-0.3, -0.25) is 19.4 Å². The Bertz CT molecular complexity index is 367. The Morgan fingerprint density at radius 1 is 1.10 bits per heavy atom. The van der Waals surface area contributed by atoms with Crippen molar-refractivity contribution in [2.75, 3.05) is 0 Å². The van der Waals surface area contributed by atoms with E-state index in [9.17, 15) is 19.4 Å². The lowest BCUT2D eigenvalue weighted by atomic mass is 10.0. The summed E-state index contributed by atoms with van der Waals surface area (Å²) in [5, 5.41) is 10.4. The van der Waals surface area contributed by atoms with E-state index in [1.54, 1.807) is 0 Å². The molecule has 20 heavy (non-hydrogen) atoms. The Kier molecular flexibility index (Phi) is 8.89. The quantitative estimate of drug-likeness (QED) is 0.323. The minimum Gasteiger partial charge on any atom is -0.319 e. The molecule has 0 rings (SSSR count). The van der Waals surface area contributed by atoms with Crippen LogP contribution in [0.15, 0.2) is 0 Å². The Hall–Kier alpha value is -0.750. The summed E-state index contributed by atoms with van der Waals surface area (Å²) in [6, 6.07) is -0.308. The highest BCUT2D eigenvalue weighted by Crippen LogP contribution is 2.37. The van der Waals surface area contributed by atoms with Crippen LogP contribution in [0.25, 0.3) is 0 Å². The van der Waals surface area contributed by atoms with Gasteiger partial charge in [-0.25, -0.2) is 5.06 Å². The van der Waals surface area contributed by atoms with Gasteiger partial charge >= 0.3 is 7.60 Å². The summed E-state index contributed by atoms with van der Waals surface area (Å²) in [6.45, 7) is 3.94. The van der Waals surface area contributed by atoms with Gasteiger partial charge in [0.15, 0.2) is 0 Å². The molecule has 0 heterocycles. The van der Waals surface area contributed by atoms with Gasteiger partial charge in [0.05, 0.1) is 6.04 Å². The lowest BCUT2D eigenvalue weighted by molar-refractivity contribution is -0.177. The van der Waals surface area contributed by atoms with Gasteiger partial charge in [0.25, 0.3) is 0 Å². The van der Waals surface area contributed by atoms with E-state index in [1.165, 1.54) is 0 Å². The molecule has 0 aliphatic carbocycles. The van der Waals surface area contributed by atoms with Crippen molar-refractivity contribution in [3.05, 3.63) is 0 Å². The van der Waals surface area contributed by atoms with Gasteiger partial charge in [0, 0.05) is 12.8 Å². The van der Waals surface area contributed by atoms with Crippen LogP contribution in [0.5, 0.6) is 0 Å². The van der Waals surface area contributed by atoms with Crippen LogP contribution in [0.3, 0.4) is 0 Å². The second kappa shape index (κ2) is 9.23. The average molecular weight is 309 g/mol. The first-order valence-electron chi connectivity index (χ1n) is 6.83. The summed E-state index contributed by atoms with van der Waals surface area (Å²) in [4.78, 5) is 40.0. The number of unbranched alkanes of at least 4 members (excludes halogenated alkanes) is 1. The van der Waals surface area contributed by atoms with Crippen LogP contribution >= 0.6 is 7.60 Å². The number of hydrogen-bond donors (Lipinski definition) is 3. The predicted octanol–water partition coefficient (Wildman–Crippen LogP) is 2.05. The summed E-state index contributed by atoms with van der Waals surface area (Å²) in [6.07, 6.45) is 2.97. The number of carbonyl (C=O) groups excluding carboxylic acids is 2. The van der Waals surface area contributed by atoms with E-state index in [0.717, 1.165) is 19.3 Å². The summed E-state index contributed by atoms with van der Waals surface area (Å²) in [5.41, 5.74) is -1.28. The van der Waals surface area contributed by atoms with Crippen molar-refractivity contribution < 1.29 is 29.1 Å². The Balaban J connectivity index is 4.42. The molecule has 7 nitrogen and oxygen atoms in total. The maximum absolute atomic E-state index is 11.7. The molecule has 0 radical (unpaired) electrons. The zero-order valence-electron chi connectivity index (χ0n) is 12.0. The normalized spacial score (nSPS) is 13.1. The summed E-state index contributed by atoms with van der Waals surface area (Å²) >= 11 is 0. The maximum Gasteiger partial charge on any atom is 0.391 e. The van der Waals surface area contributed by atoms with E-state index in [4.69, 9.17) is 9.79 Å². The maximum atomic E-state index is 11.7. The average Bonchev–Trinajstić information content (AvgIpc) is 2.38. The summed E-state index contributed by atoms with van der Waals surface area (Å²) in [7, 11) is -4.79. The summed E-state index contributed by atoms with van der Waals surface area (Å²) < 4.78 is 10.6. The highest BCUT2D eigenvalue weighted by molar-refractivity contribution is 7.70. The molecule has 118 valence electrons. The Morgan fingerprint density at radius 2 is 1.70 bits per heavy atom. The zero-order valence-corrected chi connectivity index (χ0v) is 12.9. The van der Waals surface area contributed by atoms with Gasteiger partial charge < -0.3 is 9.79 Å². The molecule has 0 aromatic heterocycles. The molecular formula is C12H24NO6P. The first kappa shape index (κ1) is 19.2. The Morgan fingerprint density at radius 3 is 2.15 bits per heavy atom. The first-order valence-corrected chi connectivity index (χ1v) is 8.45. The first-order chi connectivity index (χ1) is 9.23. The number of amides is 1. The molecule has 1 amide bonds. The number of hydroxylamine groups is 2. The van der Waals surface area contributed by atoms with Gasteiger partial charge in [-0.05, 0) is 12.8 Å². The van der Waals surface area contributed by atoms with Gasteiger partial charge in [-0.15, -0.1) is 0 Å². The van der Waals surface area contributed by atoms with Crippen molar-refractivity contribution in [3.63, 3.8) is 0 Å². The van der Waals surface area contributed by atoms with Crippen LogP contribution in [0.1, 0.15) is 58.8 Å². The molecule has 3 N–H and O–H groups in total. The molecule has 0 spiro atoms. The standard InChI is InChI=1S/C12H24NO6P/c1-3-5-7-10(6-4-2)13(16)11(14)8-9-12(15)20(17,18)19/h10,16H,3-9H2,1-2H3,(H2,17,18,19). The Labute approximate surface area is 119 Å². The lowest BCUT2D eigenvalue weighted by Crippen LogP contribution is -2.37. The van der Waals surface area contributed by atoms with Gasteiger partial charge in [0.1, 0.15) is 0 Å². The minimum atomic E-state index is -4.79. The van der Waals surface area contributed by atoms with Crippen LogP contribution in [0, 0.1) is 0 Å². The molecule has 1 atom stereocenters. The van der Waals surface area contributed by atoms with Crippen molar-refractivity contribution in [3.8, 4) is 0 Å². The van der Waals surface area contributed by atoms with E-state index in [1.807, 2.05) is 13.8 Å². The SMILES string of the molecule is CCCCC(CCC)N(O)C(=O)CCC(=O)P(=O)(O)O. The zero-order chi connectivity index (χ0) is 15.8. The third-order valence-electron chi connectivity index (χ3n) is 2.99. The largest absolute Gasteiger partial charge is 0.391 e. The second-order valence-electron chi connectivity index (χ2n) is 4.76. The van der Waals surface area contributed by atoms with Crippen molar-refractivity contribution in [2.45, 2.75) is 64.8 Å². The van der Waals surface area contributed by atoms with Crippen LogP contribution in [-0.4, -0.2) is 37.5 Å². The van der Waals surface area contributed by atoms with E-state index >= 15 is 0 Å². The van der Waals surface area contributed by atoms with Crippen LogP contribution in [0.2, 0.25) is 0 Å². The highest BCUT2D eigenvalue weighted by atomic mass is 31.2. The number of rotatable bonds is 10.